The van der Waals surface area contributed by atoms with Gasteiger partial charge in [-0.25, -0.2) is 9.50 Å². The zero-order valence-electron chi connectivity index (χ0n) is 12.3. The number of fused-ring (bicyclic) bond motifs is 1. The minimum Gasteiger partial charge on any atom is -0.472 e. The van der Waals surface area contributed by atoms with E-state index in [0.717, 1.165) is 17.8 Å². The number of rotatable bonds is 4. The molecule has 2 heterocycles. The fourth-order valence-electron chi connectivity index (χ4n) is 1.88. The van der Waals surface area contributed by atoms with E-state index in [9.17, 15) is 0 Å². The fraction of sp³-hybridized carbons (Fsp3) is 0.571. The van der Waals surface area contributed by atoms with Gasteiger partial charge in [0.2, 0.25) is 5.88 Å². The lowest BCUT2D eigenvalue weighted by atomic mass is 9.92. The molecule has 1 N–H and O–H groups in total. The van der Waals surface area contributed by atoms with E-state index in [2.05, 4.69) is 42.2 Å². The highest BCUT2D eigenvalue weighted by molar-refractivity contribution is 5.57. The molecule has 2 aromatic rings. The van der Waals surface area contributed by atoms with Crippen LogP contribution < -0.4 is 10.1 Å². The standard InChI is InChI=1S/C14H22N4O/c1-10(9-15-5)19-13-11-8-12(14(2,3)4)17-18(11)7-6-16-13/h6-8,10,15H,9H2,1-5H3. The number of hydrogen-bond acceptors (Lipinski definition) is 4. The van der Waals surface area contributed by atoms with Crippen molar-refractivity contribution in [2.75, 3.05) is 13.6 Å². The summed E-state index contributed by atoms with van der Waals surface area (Å²) in [6.07, 6.45) is 3.63. The minimum atomic E-state index is 0.0138. The highest BCUT2D eigenvalue weighted by atomic mass is 16.5. The second-order valence-corrected chi connectivity index (χ2v) is 5.83. The first-order valence-corrected chi connectivity index (χ1v) is 6.58. The lowest BCUT2D eigenvalue weighted by Gasteiger charge is -2.13. The summed E-state index contributed by atoms with van der Waals surface area (Å²) in [4.78, 5) is 4.31. The van der Waals surface area contributed by atoms with Crippen molar-refractivity contribution in [3.05, 3.63) is 24.2 Å². The summed E-state index contributed by atoms with van der Waals surface area (Å²) in [6, 6.07) is 2.05. The molecule has 0 fully saturated rings. The van der Waals surface area contributed by atoms with Gasteiger partial charge in [-0.3, -0.25) is 0 Å². The molecule has 0 amide bonds. The van der Waals surface area contributed by atoms with Gasteiger partial charge in [0.25, 0.3) is 0 Å². The van der Waals surface area contributed by atoms with E-state index >= 15 is 0 Å². The first-order valence-electron chi connectivity index (χ1n) is 6.58. The van der Waals surface area contributed by atoms with Crippen molar-refractivity contribution in [3.8, 4) is 5.88 Å². The molecule has 0 saturated heterocycles. The maximum absolute atomic E-state index is 5.86. The molecule has 1 unspecified atom stereocenters. The number of ether oxygens (including phenoxy) is 1. The van der Waals surface area contributed by atoms with Gasteiger partial charge < -0.3 is 10.1 Å². The Kier molecular flexibility index (Phi) is 3.75. The van der Waals surface area contributed by atoms with Crippen LogP contribution >= 0.6 is 0 Å². The lowest BCUT2D eigenvalue weighted by Crippen LogP contribution is -2.26. The predicted molar refractivity (Wildman–Crippen MR) is 75.7 cm³/mol. The summed E-state index contributed by atoms with van der Waals surface area (Å²) in [6.45, 7) is 9.23. The van der Waals surface area contributed by atoms with Gasteiger partial charge >= 0.3 is 0 Å². The number of nitrogens with zero attached hydrogens (tertiary/aromatic N) is 3. The summed E-state index contributed by atoms with van der Waals surface area (Å²) >= 11 is 0. The second-order valence-electron chi connectivity index (χ2n) is 5.83. The molecule has 0 spiro atoms. The molecule has 0 aliphatic heterocycles. The molecule has 5 nitrogen and oxygen atoms in total. The van der Waals surface area contributed by atoms with E-state index in [4.69, 9.17) is 4.74 Å². The lowest BCUT2D eigenvalue weighted by molar-refractivity contribution is 0.214. The second kappa shape index (κ2) is 5.17. The summed E-state index contributed by atoms with van der Waals surface area (Å²) in [5.74, 6) is 0.633. The number of nitrogens with one attached hydrogen (secondary N) is 1. The van der Waals surface area contributed by atoms with Crippen molar-refractivity contribution in [1.29, 1.82) is 0 Å². The molecule has 2 rings (SSSR count). The van der Waals surface area contributed by atoms with Crippen molar-refractivity contribution in [2.24, 2.45) is 0 Å². The predicted octanol–water partition coefficient (Wildman–Crippen LogP) is 2.01. The van der Waals surface area contributed by atoms with Gasteiger partial charge in [0.15, 0.2) is 0 Å². The summed E-state index contributed by atoms with van der Waals surface area (Å²) < 4.78 is 7.69. The summed E-state index contributed by atoms with van der Waals surface area (Å²) in [5, 5.41) is 7.67. The van der Waals surface area contributed by atoms with E-state index in [1.807, 2.05) is 24.7 Å². The molecule has 0 aromatic carbocycles. The minimum absolute atomic E-state index is 0.0138. The van der Waals surface area contributed by atoms with Crippen LogP contribution in [0.2, 0.25) is 0 Å². The smallest absolute Gasteiger partial charge is 0.240 e. The molecule has 19 heavy (non-hydrogen) atoms. The van der Waals surface area contributed by atoms with Gasteiger partial charge in [-0.15, -0.1) is 0 Å². The van der Waals surface area contributed by atoms with Crippen molar-refractivity contribution >= 4 is 5.52 Å². The van der Waals surface area contributed by atoms with Crippen LogP contribution in [0.1, 0.15) is 33.4 Å². The van der Waals surface area contributed by atoms with Gasteiger partial charge in [0.05, 0.1) is 5.69 Å². The first-order chi connectivity index (χ1) is 8.91. The molecule has 2 aromatic heterocycles. The Morgan fingerprint density at radius 1 is 1.42 bits per heavy atom. The third-order valence-corrected chi connectivity index (χ3v) is 2.93. The molecule has 0 bridgehead atoms. The Hall–Kier alpha value is -1.62. The first kappa shape index (κ1) is 13.8. The van der Waals surface area contributed by atoms with E-state index in [1.165, 1.54) is 0 Å². The molecular formula is C14H22N4O. The molecule has 1 atom stereocenters. The molecule has 0 aliphatic carbocycles. The molecule has 0 radical (unpaired) electrons. The van der Waals surface area contributed by atoms with E-state index < -0.39 is 0 Å². The van der Waals surface area contributed by atoms with Crippen molar-refractivity contribution in [1.82, 2.24) is 19.9 Å². The van der Waals surface area contributed by atoms with Crippen LogP contribution in [0.15, 0.2) is 18.5 Å². The van der Waals surface area contributed by atoms with E-state index in [-0.39, 0.29) is 11.5 Å². The van der Waals surface area contributed by atoms with Crippen LogP contribution in [-0.2, 0) is 5.41 Å². The van der Waals surface area contributed by atoms with Crippen LogP contribution in [0, 0.1) is 0 Å². The Bertz CT molecular complexity index is 556. The molecule has 0 saturated carbocycles. The molecule has 104 valence electrons. The highest BCUT2D eigenvalue weighted by Crippen LogP contribution is 2.25. The molecule has 5 heteroatoms. The van der Waals surface area contributed by atoms with Crippen molar-refractivity contribution in [3.63, 3.8) is 0 Å². The summed E-state index contributed by atoms with van der Waals surface area (Å²) in [5.41, 5.74) is 1.96. The Balaban J connectivity index is 2.37. The summed E-state index contributed by atoms with van der Waals surface area (Å²) in [7, 11) is 1.91. The average Bonchev–Trinajstić information content (AvgIpc) is 2.74. The third-order valence-electron chi connectivity index (χ3n) is 2.93. The Morgan fingerprint density at radius 3 is 2.79 bits per heavy atom. The molecule has 0 aliphatic rings. The Labute approximate surface area is 114 Å². The maximum Gasteiger partial charge on any atom is 0.240 e. The van der Waals surface area contributed by atoms with Gasteiger partial charge in [-0.05, 0) is 20.0 Å². The number of hydrogen-bond donors (Lipinski definition) is 1. The maximum atomic E-state index is 5.86. The van der Waals surface area contributed by atoms with Gasteiger partial charge in [0.1, 0.15) is 11.6 Å². The number of aromatic nitrogens is 3. The van der Waals surface area contributed by atoms with Gasteiger partial charge in [-0.1, -0.05) is 20.8 Å². The van der Waals surface area contributed by atoms with Crippen molar-refractivity contribution in [2.45, 2.75) is 39.2 Å². The zero-order valence-corrected chi connectivity index (χ0v) is 12.3. The largest absolute Gasteiger partial charge is 0.472 e. The topological polar surface area (TPSA) is 51.5 Å². The van der Waals surface area contributed by atoms with E-state index in [0.29, 0.717) is 5.88 Å². The Morgan fingerprint density at radius 2 is 2.16 bits per heavy atom. The SMILES string of the molecule is CNCC(C)Oc1nccn2nc(C(C)(C)C)cc12. The van der Waals surface area contributed by atoms with Crippen molar-refractivity contribution < 1.29 is 4.74 Å². The van der Waals surface area contributed by atoms with Gasteiger partial charge in [0, 0.05) is 24.4 Å². The van der Waals surface area contributed by atoms with Crippen LogP contribution in [-0.4, -0.2) is 34.3 Å². The highest BCUT2D eigenvalue weighted by Gasteiger charge is 2.19. The third kappa shape index (κ3) is 3.04. The normalized spacial score (nSPS) is 13.7. The van der Waals surface area contributed by atoms with Crippen LogP contribution in [0.3, 0.4) is 0 Å². The van der Waals surface area contributed by atoms with Crippen LogP contribution in [0.25, 0.3) is 5.52 Å². The average molecular weight is 262 g/mol. The quantitative estimate of drug-likeness (QED) is 0.916. The van der Waals surface area contributed by atoms with Crippen LogP contribution in [0.5, 0.6) is 5.88 Å². The van der Waals surface area contributed by atoms with E-state index in [1.54, 1.807) is 6.20 Å². The van der Waals surface area contributed by atoms with Gasteiger partial charge in [-0.2, -0.15) is 5.10 Å². The monoisotopic (exact) mass is 262 g/mol. The van der Waals surface area contributed by atoms with Crippen LogP contribution in [0.4, 0.5) is 0 Å². The number of likely N-dealkylation sites (N-methyl/N-ethyl adjacent to an activating group) is 1. The molecular weight excluding hydrogens is 240 g/mol. The fourth-order valence-corrected chi connectivity index (χ4v) is 1.88. The zero-order chi connectivity index (χ0) is 14.0.